The smallest absolute Gasteiger partial charge is 0.325 e. The summed E-state index contributed by atoms with van der Waals surface area (Å²) in [5.74, 6) is -0.530. The van der Waals surface area contributed by atoms with Gasteiger partial charge in [-0.15, -0.1) is 0 Å². The summed E-state index contributed by atoms with van der Waals surface area (Å²) in [6, 6.07) is 10.3. The number of furan rings is 1. The summed E-state index contributed by atoms with van der Waals surface area (Å²) in [7, 11) is 1.23. The van der Waals surface area contributed by atoms with Gasteiger partial charge >= 0.3 is 5.97 Å². The highest BCUT2D eigenvalue weighted by molar-refractivity contribution is 5.94. The SMILES string of the molecule is COC(=O)CNC(=O)c1occc1COc1cccc(C#N)c1. The van der Waals surface area contributed by atoms with Crippen LogP contribution in [-0.4, -0.2) is 25.5 Å². The first-order chi connectivity index (χ1) is 11.1. The first kappa shape index (κ1) is 16.1. The number of methoxy groups -OCH3 is 1. The molecule has 1 heterocycles. The van der Waals surface area contributed by atoms with Crippen molar-refractivity contribution in [3.05, 3.63) is 53.5 Å². The highest BCUT2D eigenvalue weighted by Gasteiger charge is 2.16. The number of rotatable bonds is 6. The number of amides is 1. The van der Waals surface area contributed by atoms with Gasteiger partial charge in [-0.2, -0.15) is 5.26 Å². The van der Waals surface area contributed by atoms with E-state index in [0.29, 0.717) is 16.9 Å². The standard InChI is InChI=1S/C16H14N2O5/c1-21-14(19)9-18-16(20)15-12(5-6-22-15)10-23-13-4-2-3-11(7-13)8-17/h2-7H,9-10H2,1H3,(H,18,20). The Morgan fingerprint density at radius 2 is 2.17 bits per heavy atom. The van der Waals surface area contributed by atoms with E-state index < -0.39 is 11.9 Å². The average Bonchev–Trinajstić information content (AvgIpc) is 3.06. The molecular formula is C16H14N2O5. The van der Waals surface area contributed by atoms with Crippen molar-refractivity contribution in [2.24, 2.45) is 0 Å². The number of carbonyl (C=O) groups is 2. The molecule has 0 atom stereocenters. The summed E-state index contributed by atoms with van der Waals surface area (Å²) < 4.78 is 15.1. The van der Waals surface area contributed by atoms with Crippen molar-refractivity contribution in [1.29, 1.82) is 5.26 Å². The molecule has 0 saturated heterocycles. The van der Waals surface area contributed by atoms with Crippen LogP contribution in [0, 0.1) is 11.3 Å². The molecule has 1 aromatic carbocycles. The summed E-state index contributed by atoms with van der Waals surface area (Å²) in [4.78, 5) is 23.0. The fourth-order valence-electron chi connectivity index (χ4n) is 1.77. The summed E-state index contributed by atoms with van der Waals surface area (Å²) in [6.45, 7) is -0.160. The Balaban J connectivity index is 1.99. The van der Waals surface area contributed by atoms with Gasteiger partial charge < -0.3 is 19.2 Å². The Bertz CT molecular complexity index is 745. The largest absolute Gasteiger partial charge is 0.489 e. The lowest BCUT2D eigenvalue weighted by Crippen LogP contribution is -2.30. The molecule has 7 nitrogen and oxygen atoms in total. The molecule has 2 aromatic rings. The normalized spacial score (nSPS) is 9.74. The van der Waals surface area contributed by atoms with Crippen LogP contribution in [0.2, 0.25) is 0 Å². The number of hydrogen-bond acceptors (Lipinski definition) is 6. The van der Waals surface area contributed by atoms with E-state index in [9.17, 15) is 9.59 Å². The molecule has 118 valence electrons. The Hall–Kier alpha value is -3.27. The third kappa shape index (κ3) is 4.35. The Kier molecular flexibility index (Phi) is 5.36. The first-order valence-electron chi connectivity index (χ1n) is 6.68. The van der Waals surface area contributed by atoms with Crippen LogP contribution in [0.4, 0.5) is 0 Å². The number of hydrogen-bond donors (Lipinski definition) is 1. The van der Waals surface area contributed by atoms with Crippen molar-refractivity contribution < 1.29 is 23.5 Å². The van der Waals surface area contributed by atoms with E-state index in [0.717, 1.165) is 0 Å². The van der Waals surface area contributed by atoms with Gasteiger partial charge in [0.05, 0.1) is 25.0 Å². The van der Waals surface area contributed by atoms with Crippen molar-refractivity contribution in [3.63, 3.8) is 0 Å². The highest BCUT2D eigenvalue weighted by Crippen LogP contribution is 2.17. The molecule has 0 aliphatic rings. The van der Waals surface area contributed by atoms with E-state index in [1.165, 1.54) is 13.4 Å². The van der Waals surface area contributed by atoms with E-state index in [1.807, 2.05) is 6.07 Å². The molecule has 0 fully saturated rings. The van der Waals surface area contributed by atoms with Crippen LogP contribution < -0.4 is 10.1 Å². The highest BCUT2D eigenvalue weighted by atomic mass is 16.5. The fraction of sp³-hybridized carbons (Fsp3) is 0.188. The molecule has 1 amide bonds. The van der Waals surface area contributed by atoms with Crippen LogP contribution in [0.1, 0.15) is 21.7 Å². The van der Waals surface area contributed by atoms with Gasteiger partial charge in [0, 0.05) is 5.56 Å². The number of nitrogens with zero attached hydrogens (tertiary/aromatic N) is 1. The van der Waals surface area contributed by atoms with E-state index in [1.54, 1.807) is 30.3 Å². The van der Waals surface area contributed by atoms with Crippen LogP contribution in [0.5, 0.6) is 5.75 Å². The number of nitriles is 1. The Morgan fingerprint density at radius 1 is 1.35 bits per heavy atom. The maximum absolute atomic E-state index is 11.9. The van der Waals surface area contributed by atoms with Gasteiger partial charge in [0.25, 0.3) is 5.91 Å². The molecule has 1 aromatic heterocycles. The third-order valence-electron chi connectivity index (χ3n) is 2.93. The zero-order valence-electron chi connectivity index (χ0n) is 12.4. The number of benzene rings is 1. The quantitative estimate of drug-likeness (QED) is 0.813. The number of nitrogens with one attached hydrogen (secondary N) is 1. The Morgan fingerprint density at radius 3 is 2.91 bits per heavy atom. The van der Waals surface area contributed by atoms with Gasteiger partial charge in [-0.3, -0.25) is 9.59 Å². The fourth-order valence-corrected chi connectivity index (χ4v) is 1.77. The zero-order valence-corrected chi connectivity index (χ0v) is 12.4. The summed E-state index contributed by atoms with van der Waals surface area (Å²) in [5.41, 5.74) is 1.00. The second kappa shape index (κ2) is 7.66. The lowest BCUT2D eigenvalue weighted by molar-refractivity contribution is -0.139. The Labute approximate surface area is 132 Å². The van der Waals surface area contributed by atoms with Crippen LogP contribution >= 0.6 is 0 Å². The number of carbonyl (C=O) groups excluding carboxylic acids is 2. The number of ether oxygens (including phenoxy) is 2. The van der Waals surface area contributed by atoms with Gasteiger partial charge in [-0.25, -0.2) is 0 Å². The molecule has 0 saturated carbocycles. The van der Waals surface area contributed by atoms with E-state index in [4.69, 9.17) is 14.4 Å². The minimum Gasteiger partial charge on any atom is -0.489 e. The van der Waals surface area contributed by atoms with Crippen LogP contribution in [0.3, 0.4) is 0 Å². The molecule has 0 radical (unpaired) electrons. The minimum absolute atomic E-state index is 0.0605. The topological polar surface area (TPSA) is 102 Å². The molecule has 7 heteroatoms. The first-order valence-corrected chi connectivity index (χ1v) is 6.68. The van der Waals surface area contributed by atoms with E-state index >= 15 is 0 Å². The summed E-state index contributed by atoms with van der Waals surface area (Å²) in [5, 5.41) is 11.2. The van der Waals surface area contributed by atoms with Crippen molar-refractivity contribution in [1.82, 2.24) is 5.32 Å². The molecule has 0 unspecified atom stereocenters. The van der Waals surface area contributed by atoms with E-state index in [-0.39, 0.29) is 18.9 Å². The maximum atomic E-state index is 11.9. The minimum atomic E-state index is -0.559. The predicted octanol–water partition coefficient (Wildman–Crippen LogP) is 1.63. The maximum Gasteiger partial charge on any atom is 0.325 e. The molecule has 0 bridgehead atoms. The van der Waals surface area contributed by atoms with Gasteiger partial charge in [0.1, 0.15) is 18.9 Å². The van der Waals surface area contributed by atoms with Gasteiger partial charge in [0.15, 0.2) is 5.76 Å². The second-order valence-corrected chi connectivity index (χ2v) is 4.46. The molecule has 0 spiro atoms. The molecule has 0 aliphatic carbocycles. The van der Waals surface area contributed by atoms with Crippen molar-refractivity contribution in [2.75, 3.05) is 13.7 Å². The molecule has 2 rings (SSSR count). The van der Waals surface area contributed by atoms with Gasteiger partial charge in [-0.05, 0) is 24.3 Å². The van der Waals surface area contributed by atoms with Crippen molar-refractivity contribution in [3.8, 4) is 11.8 Å². The molecule has 0 aliphatic heterocycles. The van der Waals surface area contributed by atoms with Crippen molar-refractivity contribution >= 4 is 11.9 Å². The van der Waals surface area contributed by atoms with Crippen molar-refractivity contribution in [2.45, 2.75) is 6.61 Å². The van der Waals surface area contributed by atoms with Gasteiger partial charge in [0.2, 0.25) is 0 Å². The molecule has 23 heavy (non-hydrogen) atoms. The zero-order chi connectivity index (χ0) is 16.7. The third-order valence-corrected chi connectivity index (χ3v) is 2.93. The predicted molar refractivity (Wildman–Crippen MR) is 78.5 cm³/mol. The monoisotopic (exact) mass is 314 g/mol. The summed E-state index contributed by atoms with van der Waals surface area (Å²) in [6.07, 6.45) is 1.36. The van der Waals surface area contributed by atoms with Crippen LogP contribution in [-0.2, 0) is 16.1 Å². The van der Waals surface area contributed by atoms with Gasteiger partial charge in [-0.1, -0.05) is 6.07 Å². The second-order valence-electron chi connectivity index (χ2n) is 4.46. The average molecular weight is 314 g/mol. The molecule has 1 N–H and O–H groups in total. The number of esters is 1. The summed E-state index contributed by atoms with van der Waals surface area (Å²) >= 11 is 0. The van der Waals surface area contributed by atoms with Crippen LogP contribution in [0.15, 0.2) is 41.0 Å². The van der Waals surface area contributed by atoms with Crippen LogP contribution in [0.25, 0.3) is 0 Å². The lowest BCUT2D eigenvalue weighted by Gasteiger charge is -2.07. The lowest BCUT2D eigenvalue weighted by atomic mass is 10.2. The molecular weight excluding hydrogens is 300 g/mol. The van der Waals surface area contributed by atoms with E-state index in [2.05, 4.69) is 10.1 Å².